The molecule has 0 atom stereocenters. The van der Waals surface area contributed by atoms with Gasteiger partial charge in [-0.1, -0.05) is 37.6 Å². The van der Waals surface area contributed by atoms with Crippen molar-refractivity contribution in [3.63, 3.8) is 0 Å². The zero-order valence-corrected chi connectivity index (χ0v) is 14.2. The van der Waals surface area contributed by atoms with Crippen molar-refractivity contribution in [3.8, 4) is 5.75 Å². The van der Waals surface area contributed by atoms with E-state index >= 15 is 0 Å². The van der Waals surface area contributed by atoms with Crippen LogP contribution < -0.4 is 4.74 Å². The molecule has 0 aliphatic heterocycles. The fourth-order valence-corrected chi connectivity index (χ4v) is 2.59. The Hall–Kier alpha value is -1.99. The first-order chi connectivity index (χ1) is 10.9. The maximum absolute atomic E-state index is 12.2. The summed E-state index contributed by atoms with van der Waals surface area (Å²) in [6, 6.07) is 6.96. The van der Waals surface area contributed by atoms with Gasteiger partial charge in [-0.2, -0.15) is 0 Å². The molecule has 0 fully saturated rings. The van der Waals surface area contributed by atoms with Gasteiger partial charge in [-0.15, -0.1) is 0 Å². The molecular formula is C15H15ClN2O4S. The highest BCUT2D eigenvalue weighted by molar-refractivity contribution is 7.91. The number of benzene rings is 1. The molecule has 1 heterocycles. The highest BCUT2D eigenvalue weighted by Gasteiger charge is 2.22. The zero-order valence-electron chi connectivity index (χ0n) is 12.6. The van der Waals surface area contributed by atoms with Gasteiger partial charge >= 0.3 is 5.97 Å². The van der Waals surface area contributed by atoms with E-state index in [1.54, 1.807) is 12.1 Å². The predicted octanol–water partition coefficient (Wildman–Crippen LogP) is 2.71. The quantitative estimate of drug-likeness (QED) is 0.466. The summed E-state index contributed by atoms with van der Waals surface area (Å²) in [6.45, 7) is 3.47. The summed E-state index contributed by atoms with van der Waals surface area (Å²) in [4.78, 5) is 19.6. The highest BCUT2D eigenvalue weighted by Crippen LogP contribution is 2.19. The smallest absolute Gasteiger partial charge is 0.364 e. The lowest BCUT2D eigenvalue weighted by atomic mass is 10.2. The third kappa shape index (κ3) is 4.05. The van der Waals surface area contributed by atoms with Gasteiger partial charge in [0.15, 0.2) is 5.69 Å². The lowest BCUT2D eigenvalue weighted by molar-refractivity contribution is 0.0727. The molecule has 0 unspecified atom stereocenters. The summed E-state index contributed by atoms with van der Waals surface area (Å²) < 4.78 is 28.8. The number of rotatable bonds is 5. The molecule has 23 heavy (non-hydrogen) atoms. The fraction of sp³-hybridized carbons (Fsp3) is 0.267. The normalized spacial score (nSPS) is 11.3. The molecule has 0 radical (unpaired) electrons. The summed E-state index contributed by atoms with van der Waals surface area (Å²) in [5.41, 5.74) is 0.814. The molecule has 1 aromatic heterocycles. The number of aromatic nitrogens is 2. The van der Waals surface area contributed by atoms with Crippen molar-refractivity contribution in [2.24, 2.45) is 0 Å². The average Bonchev–Trinajstić information content (AvgIpc) is 2.55. The molecule has 1 aromatic carbocycles. The van der Waals surface area contributed by atoms with E-state index in [0.717, 1.165) is 18.2 Å². The fourth-order valence-electron chi connectivity index (χ4n) is 1.72. The van der Waals surface area contributed by atoms with Gasteiger partial charge in [0.05, 0.1) is 17.0 Å². The van der Waals surface area contributed by atoms with Gasteiger partial charge in [-0.3, -0.25) is 0 Å². The molecule has 122 valence electrons. The monoisotopic (exact) mass is 354 g/mol. The SMILES string of the molecule is CCc1ccc(OC(=O)c2nc(S(=O)(=O)CC)ncc2Cl)cc1. The Morgan fingerprint density at radius 1 is 1.22 bits per heavy atom. The van der Waals surface area contributed by atoms with E-state index < -0.39 is 21.0 Å². The second-order valence-electron chi connectivity index (χ2n) is 4.64. The Labute approximate surface area is 139 Å². The predicted molar refractivity (Wildman–Crippen MR) is 85.5 cm³/mol. The first kappa shape index (κ1) is 17.4. The van der Waals surface area contributed by atoms with Crippen molar-refractivity contribution in [1.29, 1.82) is 0 Å². The minimum Gasteiger partial charge on any atom is -0.422 e. The first-order valence-corrected chi connectivity index (χ1v) is 8.96. The molecule has 2 rings (SSSR count). The van der Waals surface area contributed by atoms with Crippen LogP contribution in [0.2, 0.25) is 5.02 Å². The van der Waals surface area contributed by atoms with E-state index in [1.807, 2.05) is 19.1 Å². The van der Waals surface area contributed by atoms with Crippen LogP contribution in [0.4, 0.5) is 0 Å². The lowest BCUT2D eigenvalue weighted by Gasteiger charge is -2.07. The molecule has 0 amide bonds. The van der Waals surface area contributed by atoms with E-state index in [0.29, 0.717) is 5.75 Å². The largest absolute Gasteiger partial charge is 0.422 e. The Morgan fingerprint density at radius 3 is 2.43 bits per heavy atom. The van der Waals surface area contributed by atoms with Crippen LogP contribution in [0.3, 0.4) is 0 Å². The molecule has 0 saturated carbocycles. The Bertz CT molecular complexity index is 820. The van der Waals surface area contributed by atoms with Crippen molar-refractivity contribution < 1.29 is 17.9 Å². The van der Waals surface area contributed by atoms with Crippen LogP contribution in [0.25, 0.3) is 0 Å². The van der Waals surface area contributed by atoms with Crippen molar-refractivity contribution in [2.45, 2.75) is 25.4 Å². The van der Waals surface area contributed by atoms with Crippen molar-refractivity contribution >= 4 is 27.4 Å². The van der Waals surface area contributed by atoms with Gasteiger partial charge < -0.3 is 4.74 Å². The first-order valence-electron chi connectivity index (χ1n) is 6.93. The summed E-state index contributed by atoms with van der Waals surface area (Å²) in [7, 11) is -3.64. The number of sulfone groups is 1. The second kappa shape index (κ2) is 7.06. The van der Waals surface area contributed by atoms with Crippen LogP contribution in [0.15, 0.2) is 35.6 Å². The summed E-state index contributed by atoms with van der Waals surface area (Å²) in [5, 5.41) is -0.520. The molecule has 0 bridgehead atoms. The van der Waals surface area contributed by atoms with Gasteiger partial charge in [0.1, 0.15) is 5.75 Å². The molecule has 0 spiro atoms. The van der Waals surface area contributed by atoms with Crippen LogP contribution in [0.5, 0.6) is 5.75 Å². The number of carbonyl (C=O) groups is 1. The van der Waals surface area contributed by atoms with E-state index in [4.69, 9.17) is 16.3 Å². The average molecular weight is 355 g/mol. The summed E-state index contributed by atoms with van der Waals surface area (Å²) in [6.07, 6.45) is 1.94. The van der Waals surface area contributed by atoms with Crippen molar-refractivity contribution in [3.05, 3.63) is 46.7 Å². The van der Waals surface area contributed by atoms with Crippen LogP contribution >= 0.6 is 11.6 Å². The number of esters is 1. The van der Waals surface area contributed by atoms with Crippen LogP contribution in [0.1, 0.15) is 29.9 Å². The Morgan fingerprint density at radius 2 is 1.87 bits per heavy atom. The standard InChI is InChI=1S/C15H15ClN2O4S/c1-3-10-5-7-11(8-6-10)22-14(19)13-12(16)9-17-15(18-13)23(20,21)4-2/h5-9H,3-4H2,1-2H3. The summed E-state index contributed by atoms with van der Waals surface area (Å²) in [5.74, 6) is -0.697. The maximum Gasteiger partial charge on any atom is 0.364 e. The molecule has 0 aliphatic carbocycles. The molecular weight excluding hydrogens is 340 g/mol. The second-order valence-corrected chi connectivity index (χ2v) is 7.22. The van der Waals surface area contributed by atoms with Crippen molar-refractivity contribution in [2.75, 3.05) is 5.75 Å². The van der Waals surface area contributed by atoms with E-state index in [9.17, 15) is 13.2 Å². The van der Waals surface area contributed by atoms with Crippen LogP contribution in [-0.2, 0) is 16.3 Å². The van der Waals surface area contributed by atoms with Gasteiger partial charge in [0.25, 0.3) is 0 Å². The number of ether oxygens (including phenoxy) is 1. The topological polar surface area (TPSA) is 86.2 Å². The number of halogens is 1. The molecule has 0 saturated heterocycles. The van der Waals surface area contributed by atoms with E-state index in [2.05, 4.69) is 9.97 Å². The van der Waals surface area contributed by atoms with E-state index in [1.165, 1.54) is 6.92 Å². The Kier molecular flexibility index (Phi) is 5.33. The van der Waals surface area contributed by atoms with Crippen LogP contribution in [-0.4, -0.2) is 30.1 Å². The van der Waals surface area contributed by atoms with Gasteiger partial charge in [-0.25, -0.2) is 23.2 Å². The number of hydrogen-bond donors (Lipinski definition) is 0. The van der Waals surface area contributed by atoms with Gasteiger partial charge in [0.2, 0.25) is 15.0 Å². The molecule has 6 nitrogen and oxygen atoms in total. The van der Waals surface area contributed by atoms with Crippen LogP contribution in [0, 0.1) is 0 Å². The molecule has 0 aliphatic rings. The maximum atomic E-state index is 12.2. The third-order valence-corrected chi connectivity index (χ3v) is 4.91. The van der Waals surface area contributed by atoms with Crippen molar-refractivity contribution in [1.82, 2.24) is 9.97 Å². The summed E-state index contributed by atoms with van der Waals surface area (Å²) >= 11 is 5.88. The minimum atomic E-state index is -3.64. The highest BCUT2D eigenvalue weighted by atomic mass is 35.5. The lowest BCUT2D eigenvalue weighted by Crippen LogP contribution is -2.16. The Balaban J connectivity index is 2.29. The zero-order chi connectivity index (χ0) is 17.0. The van der Waals surface area contributed by atoms with Gasteiger partial charge in [-0.05, 0) is 24.1 Å². The number of nitrogens with zero attached hydrogens (tertiary/aromatic N) is 2. The molecule has 2 aromatic rings. The third-order valence-electron chi connectivity index (χ3n) is 3.12. The minimum absolute atomic E-state index is 0.0739. The van der Waals surface area contributed by atoms with Gasteiger partial charge in [0, 0.05) is 0 Å². The molecule has 0 N–H and O–H groups in total. The number of hydrogen-bond acceptors (Lipinski definition) is 6. The number of carbonyl (C=O) groups excluding carboxylic acids is 1. The number of aryl methyl sites for hydroxylation is 1. The molecule has 8 heteroatoms. The van der Waals surface area contributed by atoms with E-state index in [-0.39, 0.29) is 16.5 Å².